The first-order valence-corrected chi connectivity index (χ1v) is 7.36. The Balaban J connectivity index is 1.57. The van der Waals surface area contributed by atoms with Gasteiger partial charge in [0.2, 0.25) is 6.79 Å². The summed E-state index contributed by atoms with van der Waals surface area (Å²) in [6.45, 7) is 0.242. The second kappa shape index (κ2) is 5.65. The van der Waals surface area contributed by atoms with Crippen LogP contribution in [-0.4, -0.2) is 12.8 Å². The van der Waals surface area contributed by atoms with Crippen molar-refractivity contribution in [1.82, 2.24) is 0 Å². The summed E-state index contributed by atoms with van der Waals surface area (Å²) in [5.41, 5.74) is 2.64. The Morgan fingerprint density at radius 3 is 2.70 bits per heavy atom. The molecule has 4 nitrogen and oxygen atoms in total. The maximum absolute atomic E-state index is 12.0. The summed E-state index contributed by atoms with van der Waals surface area (Å²) < 4.78 is 16.0. The van der Waals surface area contributed by atoms with Gasteiger partial charge in [-0.2, -0.15) is 0 Å². The molecule has 0 bridgehead atoms. The second-order valence-corrected chi connectivity index (χ2v) is 5.38. The maximum atomic E-state index is 12.0. The molecule has 23 heavy (non-hydrogen) atoms. The lowest BCUT2D eigenvalue weighted by Gasteiger charge is -2.00. The molecule has 0 saturated carbocycles. The van der Waals surface area contributed by atoms with Crippen molar-refractivity contribution in [3.63, 3.8) is 0 Å². The number of esters is 1. The van der Waals surface area contributed by atoms with E-state index in [9.17, 15) is 4.79 Å². The van der Waals surface area contributed by atoms with Crippen molar-refractivity contribution in [3.05, 3.63) is 77.1 Å². The van der Waals surface area contributed by atoms with Crippen LogP contribution >= 0.6 is 0 Å². The maximum Gasteiger partial charge on any atom is 0.339 e. The molecule has 2 aliphatic rings. The molecule has 0 amide bonds. The summed E-state index contributed by atoms with van der Waals surface area (Å²) in [6, 6.07) is 15.5. The van der Waals surface area contributed by atoms with Gasteiger partial charge in [0, 0.05) is 12.0 Å². The fourth-order valence-corrected chi connectivity index (χ4v) is 2.61. The third-order valence-corrected chi connectivity index (χ3v) is 3.73. The van der Waals surface area contributed by atoms with Crippen LogP contribution < -0.4 is 9.47 Å². The van der Waals surface area contributed by atoms with E-state index in [0.29, 0.717) is 23.5 Å². The number of carbonyl (C=O) groups excluding carboxylic acids is 1. The highest BCUT2D eigenvalue weighted by Crippen LogP contribution is 2.33. The molecule has 2 heterocycles. The number of hydrogen-bond acceptors (Lipinski definition) is 4. The third-order valence-electron chi connectivity index (χ3n) is 3.73. The van der Waals surface area contributed by atoms with Gasteiger partial charge in [0.15, 0.2) is 11.5 Å². The zero-order valence-corrected chi connectivity index (χ0v) is 12.3. The van der Waals surface area contributed by atoms with Crippen LogP contribution in [0.25, 0.3) is 6.08 Å². The van der Waals surface area contributed by atoms with Crippen LogP contribution in [-0.2, 0) is 16.0 Å². The molecule has 0 fully saturated rings. The molecule has 2 aliphatic heterocycles. The Morgan fingerprint density at radius 2 is 1.83 bits per heavy atom. The number of rotatable bonds is 3. The quantitative estimate of drug-likeness (QED) is 0.814. The van der Waals surface area contributed by atoms with Crippen molar-refractivity contribution in [1.29, 1.82) is 0 Å². The van der Waals surface area contributed by atoms with Gasteiger partial charge in [0.1, 0.15) is 5.76 Å². The van der Waals surface area contributed by atoms with Crippen LogP contribution in [0.1, 0.15) is 11.1 Å². The SMILES string of the molecule is O=C1O/C(=C\c2ccc3c(c2)OCO3)C=C1Cc1ccccc1. The molecule has 0 N–H and O–H groups in total. The molecule has 0 unspecified atom stereocenters. The van der Waals surface area contributed by atoms with Crippen LogP contribution in [0.3, 0.4) is 0 Å². The first-order valence-electron chi connectivity index (χ1n) is 7.36. The summed E-state index contributed by atoms with van der Waals surface area (Å²) in [4.78, 5) is 12.0. The van der Waals surface area contributed by atoms with Crippen molar-refractivity contribution >= 4 is 12.0 Å². The number of ether oxygens (including phenoxy) is 3. The lowest BCUT2D eigenvalue weighted by molar-refractivity contribution is -0.133. The summed E-state index contributed by atoms with van der Waals surface area (Å²) >= 11 is 0. The predicted octanol–water partition coefficient (Wildman–Crippen LogP) is 3.48. The third kappa shape index (κ3) is 2.83. The van der Waals surface area contributed by atoms with E-state index in [0.717, 1.165) is 16.9 Å². The van der Waals surface area contributed by atoms with Crippen LogP contribution in [0.4, 0.5) is 0 Å². The second-order valence-electron chi connectivity index (χ2n) is 5.38. The monoisotopic (exact) mass is 306 g/mol. The summed E-state index contributed by atoms with van der Waals surface area (Å²) in [5, 5.41) is 0. The van der Waals surface area contributed by atoms with Crippen molar-refractivity contribution in [2.75, 3.05) is 6.79 Å². The minimum atomic E-state index is -0.291. The Morgan fingerprint density at radius 1 is 1.00 bits per heavy atom. The van der Waals surface area contributed by atoms with Gasteiger partial charge in [-0.15, -0.1) is 0 Å². The summed E-state index contributed by atoms with van der Waals surface area (Å²) in [6.07, 6.45) is 4.18. The van der Waals surface area contributed by atoms with Crippen LogP contribution in [0.15, 0.2) is 65.9 Å². The molecule has 2 aromatic rings. The van der Waals surface area contributed by atoms with Gasteiger partial charge in [0.05, 0.1) is 0 Å². The molecule has 0 aromatic heterocycles. The standard InChI is InChI=1S/C19H14O4/c20-19-15(8-13-4-2-1-3-5-13)11-16(23-19)9-14-6-7-17-18(10-14)22-12-21-17/h1-7,9-11H,8,12H2/b16-9-. The molecule has 114 valence electrons. The predicted molar refractivity (Wildman–Crippen MR) is 84.9 cm³/mol. The van der Waals surface area contributed by atoms with E-state index in [1.54, 1.807) is 6.08 Å². The van der Waals surface area contributed by atoms with E-state index in [1.165, 1.54) is 0 Å². The number of fused-ring (bicyclic) bond motifs is 1. The highest BCUT2D eigenvalue weighted by molar-refractivity contribution is 5.94. The van der Waals surface area contributed by atoms with E-state index >= 15 is 0 Å². The molecule has 4 rings (SSSR count). The Hall–Kier alpha value is -3.01. The van der Waals surface area contributed by atoms with E-state index in [-0.39, 0.29) is 12.8 Å². The van der Waals surface area contributed by atoms with Crippen LogP contribution in [0.5, 0.6) is 11.5 Å². The first kappa shape index (κ1) is 13.6. The number of benzene rings is 2. The van der Waals surface area contributed by atoms with Crippen molar-refractivity contribution < 1.29 is 19.0 Å². The zero-order valence-electron chi connectivity index (χ0n) is 12.3. The van der Waals surface area contributed by atoms with E-state index < -0.39 is 0 Å². The lowest BCUT2D eigenvalue weighted by Crippen LogP contribution is -2.01. The number of allylic oxidation sites excluding steroid dienone is 1. The molecule has 0 spiro atoms. The van der Waals surface area contributed by atoms with Gasteiger partial charge in [0.25, 0.3) is 0 Å². The Kier molecular flexibility index (Phi) is 3.35. The van der Waals surface area contributed by atoms with Gasteiger partial charge < -0.3 is 14.2 Å². The summed E-state index contributed by atoms with van der Waals surface area (Å²) in [5.74, 6) is 1.69. The zero-order chi connectivity index (χ0) is 15.6. The number of cyclic esters (lactones) is 1. The minimum Gasteiger partial charge on any atom is -0.454 e. The fraction of sp³-hybridized carbons (Fsp3) is 0.105. The van der Waals surface area contributed by atoms with Crippen LogP contribution in [0.2, 0.25) is 0 Å². The Labute approximate surface area is 133 Å². The molecule has 0 atom stereocenters. The molecule has 0 aliphatic carbocycles. The highest BCUT2D eigenvalue weighted by atomic mass is 16.7. The van der Waals surface area contributed by atoms with Crippen molar-refractivity contribution in [3.8, 4) is 11.5 Å². The average Bonchev–Trinajstić information content (AvgIpc) is 3.15. The molecule has 0 saturated heterocycles. The van der Waals surface area contributed by atoms with Gasteiger partial charge in [-0.25, -0.2) is 4.79 Å². The molecule has 4 heteroatoms. The van der Waals surface area contributed by atoms with Gasteiger partial charge in [-0.3, -0.25) is 0 Å². The normalized spacial score (nSPS) is 17.3. The summed E-state index contributed by atoms with van der Waals surface area (Å²) in [7, 11) is 0. The van der Waals surface area contributed by atoms with Crippen LogP contribution in [0, 0.1) is 0 Å². The molecular weight excluding hydrogens is 292 g/mol. The minimum absolute atomic E-state index is 0.242. The van der Waals surface area contributed by atoms with E-state index in [2.05, 4.69) is 0 Å². The molecular formula is C19H14O4. The van der Waals surface area contributed by atoms with Gasteiger partial charge >= 0.3 is 5.97 Å². The van der Waals surface area contributed by atoms with Gasteiger partial charge in [-0.1, -0.05) is 36.4 Å². The first-order chi connectivity index (χ1) is 11.3. The van der Waals surface area contributed by atoms with Crippen molar-refractivity contribution in [2.24, 2.45) is 0 Å². The highest BCUT2D eigenvalue weighted by Gasteiger charge is 2.21. The lowest BCUT2D eigenvalue weighted by atomic mass is 10.1. The van der Waals surface area contributed by atoms with E-state index in [4.69, 9.17) is 14.2 Å². The van der Waals surface area contributed by atoms with Crippen molar-refractivity contribution in [2.45, 2.75) is 6.42 Å². The van der Waals surface area contributed by atoms with Gasteiger partial charge in [-0.05, 0) is 35.4 Å². The average molecular weight is 306 g/mol. The molecule has 0 radical (unpaired) electrons. The largest absolute Gasteiger partial charge is 0.454 e. The smallest absolute Gasteiger partial charge is 0.339 e. The topological polar surface area (TPSA) is 44.8 Å². The van der Waals surface area contributed by atoms with E-state index in [1.807, 2.05) is 54.6 Å². The fourth-order valence-electron chi connectivity index (χ4n) is 2.61. The Bertz CT molecular complexity index is 819. The molecule has 2 aromatic carbocycles. The number of hydrogen-bond donors (Lipinski definition) is 0. The number of carbonyl (C=O) groups is 1.